The number of hydrogen-bond acceptors (Lipinski definition) is 8. The highest BCUT2D eigenvalue weighted by atomic mass is 32.1. The van der Waals surface area contributed by atoms with E-state index in [2.05, 4.69) is 10.1 Å². The van der Waals surface area contributed by atoms with E-state index in [1.54, 1.807) is 24.1 Å². The molecule has 2 aromatic heterocycles. The Kier molecular flexibility index (Phi) is 6.25. The lowest BCUT2D eigenvalue weighted by molar-refractivity contribution is -0.385. The van der Waals surface area contributed by atoms with Crippen molar-refractivity contribution < 1.29 is 32.4 Å². The minimum absolute atomic E-state index is 0.0835. The molecule has 0 aliphatic rings. The summed E-state index contributed by atoms with van der Waals surface area (Å²) in [4.78, 5) is 38.4. The highest BCUT2D eigenvalue weighted by Gasteiger charge is 2.36. The van der Waals surface area contributed by atoms with Gasteiger partial charge in [0.15, 0.2) is 11.8 Å². The number of ether oxygens (including phenoxy) is 1. The molecular weight excluding hydrogens is 455 g/mol. The second-order valence-electron chi connectivity index (χ2n) is 6.46. The zero-order valence-corrected chi connectivity index (χ0v) is 17.2. The maximum atomic E-state index is 13.2. The molecule has 168 valence electrons. The van der Waals surface area contributed by atoms with Crippen LogP contribution in [0.5, 0.6) is 0 Å². The van der Waals surface area contributed by atoms with Crippen LogP contribution in [0.4, 0.5) is 24.5 Å². The fourth-order valence-corrected chi connectivity index (χ4v) is 3.29. The lowest BCUT2D eigenvalue weighted by Gasteiger charge is -2.16. The number of hydrogen-bond donors (Lipinski definition) is 1. The zero-order valence-electron chi connectivity index (χ0n) is 16.4. The number of benzene rings is 1. The van der Waals surface area contributed by atoms with E-state index in [4.69, 9.17) is 4.74 Å². The molecular formula is C18H14F3N5O5S. The number of nitrogens with zero attached hydrogens (tertiary/aromatic N) is 4. The molecule has 1 unspecified atom stereocenters. The number of amides is 1. The van der Waals surface area contributed by atoms with Crippen molar-refractivity contribution in [2.45, 2.75) is 19.2 Å². The molecule has 0 bridgehead atoms. The van der Waals surface area contributed by atoms with Gasteiger partial charge in [-0.2, -0.15) is 18.3 Å². The van der Waals surface area contributed by atoms with Crippen LogP contribution in [0.15, 0.2) is 36.0 Å². The van der Waals surface area contributed by atoms with Crippen molar-refractivity contribution in [3.63, 3.8) is 0 Å². The summed E-state index contributed by atoms with van der Waals surface area (Å²) >= 11 is 1.14. The molecule has 2 heterocycles. The number of nitro benzene ring substituents is 1. The maximum absolute atomic E-state index is 13.2. The van der Waals surface area contributed by atoms with Crippen molar-refractivity contribution in [2.75, 3.05) is 5.32 Å². The van der Waals surface area contributed by atoms with Gasteiger partial charge >= 0.3 is 12.1 Å². The minimum atomic E-state index is -4.96. The first kappa shape index (κ1) is 22.9. The lowest BCUT2D eigenvalue weighted by Crippen LogP contribution is -2.31. The molecule has 0 aliphatic carbocycles. The Hall–Kier alpha value is -3.81. The molecule has 0 saturated heterocycles. The zero-order chi connectivity index (χ0) is 23.6. The molecule has 1 N–H and O–H groups in total. The molecule has 32 heavy (non-hydrogen) atoms. The Bertz CT molecular complexity index is 1190. The number of rotatable bonds is 6. The molecule has 3 rings (SSSR count). The Morgan fingerprint density at radius 3 is 2.66 bits per heavy atom. The number of halogens is 3. The Balaban J connectivity index is 1.71. The second-order valence-corrected chi connectivity index (χ2v) is 7.32. The van der Waals surface area contributed by atoms with E-state index >= 15 is 0 Å². The fraction of sp³-hybridized carbons (Fsp3) is 0.222. The number of thiazole rings is 1. The average Bonchev–Trinajstić information content (AvgIpc) is 3.36. The number of alkyl halides is 3. The van der Waals surface area contributed by atoms with E-state index in [1.807, 2.05) is 5.32 Å². The predicted molar refractivity (Wildman–Crippen MR) is 106 cm³/mol. The molecule has 1 amide bonds. The van der Waals surface area contributed by atoms with Crippen LogP contribution in [0.3, 0.4) is 0 Å². The van der Waals surface area contributed by atoms with Crippen LogP contribution < -0.4 is 5.32 Å². The first-order chi connectivity index (χ1) is 15.0. The number of aromatic nitrogens is 3. The molecule has 14 heteroatoms. The summed E-state index contributed by atoms with van der Waals surface area (Å²) in [5, 5.41) is 18.6. The molecule has 1 atom stereocenters. The van der Waals surface area contributed by atoms with Gasteiger partial charge in [0.2, 0.25) is 0 Å². The van der Waals surface area contributed by atoms with Crippen LogP contribution in [-0.4, -0.2) is 37.7 Å². The molecule has 0 spiro atoms. The normalized spacial score (nSPS) is 12.3. The molecule has 1 aromatic carbocycles. The van der Waals surface area contributed by atoms with Crippen molar-refractivity contribution in [2.24, 2.45) is 7.05 Å². The van der Waals surface area contributed by atoms with Gasteiger partial charge in [-0.05, 0) is 13.0 Å². The van der Waals surface area contributed by atoms with Crippen LogP contribution in [0.25, 0.3) is 10.6 Å². The van der Waals surface area contributed by atoms with Crippen LogP contribution in [0.2, 0.25) is 0 Å². The number of esters is 1. The molecule has 0 radical (unpaired) electrons. The number of aryl methyl sites for hydroxylation is 1. The van der Waals surface area contributed by atoms with Gasteiger partial charge in [0, 0.05) is 36.3 Å². The molecule has 3 aromatic rings. The SMILES string of the molecule is CC(OC(=O)c1csc(-c2cnn(C)c2)n1)C(=O)Nc1ccc([N+](=O)[O-])cc1C(F)(F)F. The molecule has 0 aliphatic heterocycles. The van der Waals surface area contributed by atoms with Crippen LogP contribution in [0, 0.1) is 10.1 Å². The first-order valence-corrected chi connectivity index (χ1v) is 9.65. The fourth-order valence-electron chi connectivity index (χ4n) is 2.53. The minimum Gasteiger partial charge on any atom is -0.448 e. The summed E-state index contributed by atoms with van der Waals surface area (Å²) in [6.07, 6.45) is -3.20. The average molecular weight is 469 g/mol. The maximum Gasteiger partial charge on any atom is 0.418 e. The van der Waals surface area contributed by atoms with E-state index in [1.165, 1.54) is 12.3 Å². The Morgan fingerprint density at radius 1 is 1.34 bits per heavy atom. The van der Waals surface area contributed by atoms with Crippen molar-refractivity contribution in [3.05, 3.63) is 57.3 Å². The van der Waals surface area contributed by atoms with E-state index in [0.29, 0.717) is 16.6 Å². The highest BCUT2D eigenvalue weighted by molar-refractivity contribution is 7.13. The molecule has 10 nitrogen and oxygen atoms in total. The topological polar surface area (TPSA) is 129 Å². The third-order valence-corrected chi connectivity index (χ3v) is 4.99. The van der Waals surface area contributed by atoms with Gasteiger partial charge in [-0.1, -0.05) is 0 Å². The van der Waals surface area contributed by atoms with Crippen molar-refractivity contribution in [1.29, 1.82) is 0 Å². The molecule has 0 saturated carbocycles. The highest BCUT2D eigenvalue weighted by Crippen LogP contribution is 2.37. The van der Waals surface area contributed by atoms with Crippen LogP contribution in [-0.2, 0) is 22.8 Å². The summed E-state index contributed by atoms with van der Waals surface area (Å²) in [5.41, 5.74) is -2.31. The van der Waals surface area contributed by atoms with Gasteiger partial charge in [0.1, 0.15) is 5.01 Å². The number of anilines is 1. The largest absolute Gasteiger partial charge is 0.448 e. The van der Waals surface area contributed by atoms with E-state index in [0.717, 1.165) is 23.5 Å². The van der Waals surface area contributed by atoms with Crippen molar-refractivity contribution in [1.82, 2.24) is 14.8 Å². The first-order valence-electron chi connectivity index (χ1n) is 8.77. The smallest absolute Gasteiger partial charge is 0.418 e. The van der Waals surface area contributed by atoms with Gasteiger partial charge in [-0.25, -0.2) is 9.78 Å². The Morgan fingerprint density at radius 2 is 2.06 bits per heavy atom. The predicted octanol–water partition coefficient (Wildman–Crippen LogP) is 3.65. The van der Waals surface area contributed by atoms with Gasteiger partial charge in [-0.3, -0.25) is 19.6 Å². The van der Waals surface area contributed by atoms with E-state index in [-0.39, 0.29) is 5.69 Å². The van der Waals surface area contributed by atoms with Gasteiger partial charge < -0.3 is 10.1 Å². The summed E-state index contributed by atoms with van der Waals surface area (Å²) in [6, 6.07) is 1.88. The monoisotopic (exact) mass is 469 g/mol. The van der Waals surface area contributed by atoms with Crippen LogP contribution >= 0.6 is 11.3 Å². The number of carbonyl (C=O) groups excluding carboxylic acids is 2. The number of nitrogens with one attached hydrogen (secondary N) is 1. The van der Waals surface area contributed by atoms with Gasteiger partial charge in [-0.15, -0.1) is 11.3 Å². The van der Waals surface area contributed by atoms with E-state index in [9.17, 15) is 32.9 Å². The lowest BCUT2D eigenvalue weighted by atomic mass is 10.1. The molecule has 0 fully saturated rings. The standard InChI is InChI=1S/C18H14F3N5O5S/c1-9(31-17(28)14-8-32-16(24-14)10-6-22-25(2)7-10)15(27)23-13-4-3-11(26(29)30)5-12(13)18(19,20)21/h3-9H,1-2H3,(H,23,27). The second kappa shape index (κ2) is 8.74. The van der Waals surface area contributed by atoms with E-state index < -0.39 is 46.0 Å². The summed E-state index contributed by atoms with van der Waals surface area (Å²) < 4.78 is 46.3. The number of nitro groups is 1. The van der Waals surface area contributed by atoms with Gasteiger partial charge in [0.05, 0.1) is 22.4 Å². The summed E-state index contributed by atoms with van der Waals surface area (Å²) in [6.45, 7) is 1.17. The quantitative estimate of drug-likeness (QED) is 0.331. The number of carbonyl (C=O) groups is 2. The van der Waals surface area contributed by atoms with Crippen LogP contribution in [0.1, 0.15) is 23.0 Å². The van der Waals surface area contributed by atoms with Crippen molar-refractivity contribution >= 4 is 34.6 Å². The van der Waals surface area contributed by atoms with Gasteiger partial charge in [0.25, 0.3) is 11.6 Å². The summed E-state index contributed by atoms with van der Waals surface area (Å²) in [5.74, 6) is -2.00. The van der Waals surface area contributed by atoms with Crippen molar-refractivity contribution in [3.8, 4) is 10.6 Å². The number of non-ortho nitro benzene ring substituents is 1. The third-order valence-electron chi connectivity index (χ3n) is 4.10. The Labute approximate surface area is 181 Å². The summed E-state index contributed by atoms with van der Waals surface area (Å²) in [7, 11) is 1.71. The third kappa shape index (κ3) is 5.08.